The first-order valence-electron chi connectivity index (χ1n) is 13.2. The molecule has 12 heteroatoms. The molecular weight excluding hydrogens is 628 g/mol. The molecule has 1 atom stereocenters. The smallest absolute Gasteiger partial charge is 0.260 e. The molecule has 2 heterocycles. The number of nitrogens with zero attached hydrogens (tertiary/aromatic N) is 4. The number of amides is 1. The third kappa shape index (κ3) is 6.18. The Morgan fingerprint density at radius 3 is 2.29 bits per heavy atom. The summed E-state index contributed by atoms with van der Waals surface area (Å²) in [6.45, 7) is 3.41. The lowest BCUT2D eigenvalue weighted by Crippen LogP contribution is -2.43. The van der Waals surface area contributed by atoms with Crippen LogP contribution in [0.25, 0.3) is 0 Å². The molecular formula is C30H30BrClN4O6. The number of benzene rings is 3. The fourth-order valence-corrected chi connectivity index (χ4v) is 5.53. The number of anilines is 2. The van der Waals surface area contributed by atoms with Gasteiger partial charge in [-0.2, -0.15) is 0 Å². The molecule has 2 aliphatic heterocycles. The van der Waals surface area contributed by atoms with Crippen LogP contribution in [-0.2, 0) is 14.3 Å². The van der Waals surface area contributed by atoms with Crippen molar-refractivity contribution in [1.29, 1.82) is 0 Å². The lowest BCUT2D eigenvalue weighted by molar-refractivity contribution is -0.137. The molecule has 1 unspecified atom stereocenters. The van der Waals surface area contributed by atoms with Gasteiger partial charge in [0.1, 0.15) is 5.75 Å². The van der Waals surface area contributed by atoms with E-state index in [-0.39, 0.29) is 24.1 Å². The summed E-state index contributed by atoms with van der Waals surface area (Å²) in [5, 5.41) is 7.11. The predicted molar refractivity (Wildman–Crippen MR) is 164 cm³/mol. The van der Waals surface area contributed by atoms with E-state index < -0.39 is 6.17 Å². The molecule has 0 aromatic heterocycles. The maximum Gasteiger partial charge on any atom is 0.260 e. The fourth-order valence-electron chi connectivity index (χ4n) is 4.83. The van der Waals surface area contributed by atoms with Gasteiger partial charge in [-0.25, -0.2) is 5.01 Å². The summed E-state index contributed by atoms with van der Waals surface area (Å²) in [6.07, 6.45) is -0.590. The first-order valence-corrected chi connectivity index (χ1v) is 14.4. The van der Waals surface area contributed by atoms with Crippen LogP contribution in [0.4, 0.5) is 11.4 Å². The van der Waals surface area contributed by atoms with Crippen LogP contribution in [0.1, 0.15) is 18.7 Å². The Balaban J connectivity index is 1.55. The molecule has 42 heavy (non-hydrogen) atoms. The summed E-state index contributed by atoms with van der Waals surface area (Å²) in [5.41, 5.74) is 2.21. The van der Waals surface area contributed by atoms with Gasteiger partial charge in [0.2, 0.25) is 0 Å². The quantitative estimate of drug-likeness (QED) is 0.307. The molecule has 0 saturated carbocycles. The molecule has 1 amide bonds. The average Bonchev–Trinajstić information content (AvgIpc) is 3.42. The van der Waals surface area contributed by atoms with Gasteiger partial charge >= 0.3 is 0 Å². The molecule has 1 fully saturated rings. The van der Waals surface area contributed by atoms with Gasteiger partial charge in [-0.1, -0.05) is 11.6 Å². The van der Waals surface area contributed by atoms with E-state index in [1.165, 1.54) is 14.0 Å². The number of hydrogen-bond acceptors (Lipinski definition) is 9. The van der Waals surface area contributed by atoms with Gasteiger partial charge in [0.15, 0.2) is 35.9 Å². The van der Waals surface area contributed by atoms with Crippen molar-refractivity contribution in [3.05, 3.63) is 75.7 Å². The normalized spacial score (nSPS) is 16.7. The summed E-state index contributed by atoms with van der Waals surface area (Å²) in [4.78, 5) is 29.3. The summed E-state index contributed by atoms with van der Waals surface area (Å²) in [5.74, 6) is 1.40. The second-order valence-electron chi connectivity index (χ2n) is 9.56. The number of hydrazone groups is 1. The monoisotopic (exact) mass is 656 g/mol. The number of rotatable bonds is 9. The Kier molecular flexibility index (Phi) is 9.20. The second kappa shape index (κ2) is 13.0. The molecule has 3 aromatic carbocycles. The van der Waals surface area contributed by atoms with E-state index in [9.17, 15) is 9.59 Å². The van der Waals surface area contributed by atoms with E-state index in [1.54, 1.807) is 29.2 Å². The lowest BCUT2D eigenvalue weighted by atomic mass is 10.1. The first kappa shape index (κ1) is 29.7. The standard InChI is InChI=1S/C30H30BrClN4O6/c1-19(37)29-33-36(23-6-4-21(32)5-7-23)30(35(29)22-8-10-24(39-2)11-9-22)20-16-25(31)28(26(17-20)40-3)42-18-27(38)34-12-14-41-15-13-34/h4-11,16-17,30H,12-15,18H2,1-3H3. The van der Waals surface area contributed by atoms with E-state index in [0.29, 0.717) is 53.0 Å². The summed E-state index contributed by atoms with van der Waals surface area (Å²) in [6, 6.07) is 18.3. The zero-order valence-electron chi connectivity index (χ0n) is 23.4. The van der Waals surface area contributed by atoms with Crippen molar-refractivity contribution in [2.75, 3.05) is 57.0 Å². The predicted octanol–water partition coefficient (Wildman–Crippen LogP) is 5.29. The maximum absolute atomic E-state index is 12.9. The van der Waals surface area contributed by atoms with Crippen LogP contribution < -0.4 is 24.1 Å². The number of amidine groups is 1. The maximum atomic E-state index is 12.9. The highest BCUT2D eigenvalue weighted by Gasteiger charge is 2.40. The van der Waals surface area contributed by atoms with E-state index in [4.69, 9.17) is 35.6 Å². The van der Waals surface area contributed by atoms with Gasteiger partial charge in [0.25, 0.3) is 5.91 Å². The van der Waals surface area contributed by atoms with Gasteiger partial charge in [0.05, 0.1) is 37.6 Å². The third-order valence-corrected chi connectivity index (χ3v) is 7.76. The lowest BCUT2D eigenvalue weighted by Gasteiger charge is -2.32. The Labute approximate surface area is 257 Å². The van der Waals surface area contributed by atoms with Gasteiger partial charge in [0, 0.05) is 36.3 Å². The van der Waals surface area contributed by atoms with Crippen LogP contribution in [0.5, 0.6) is 17.2 Å². The number of ketones is 1. The minimum atomic E-state index is -0.590. The van der Waals surface area contributed by atoms with Crippen LogP contribution in [0.2, 0.25) is 5.02 Å². The van der Waals surface area contributed by atoms with E-state index >= 15 is 0 Å². The summed E-state index contributed by atoms with van der Waals surface area (Å²) in [7, 11) is 3.13. The fraction of sp³-hybridized carbons (Fsp3) is 0.300. The minimum Gasteiger partial charge on any atom is -0.497 e. The highest BCUT2D eigenvalue weighted by molar-refractivity contribution is 9.10. The van der Waals surface area contributed by atoms with Crippen molar-refractivity contribution in [1.82, 2.24) is 4.90 Å². The van der Waals surface area contributed by atoms with Crippen molar-refractivity contribution >= 4 is 56.4 Å². The zero-order valence-corrected chi connectivity index (χ0v) is 25.7. The molecule has 0 spiro atoms. The topological polar surface area (TPSA) is 93.1 Å². The molecule has 0 N–H and O–H groups in total. The van der Waals surface area contributed by atoms with Crippen LogP contribution in [0, 0.1) is 0 Å². The summed E-state index contributed by atoms with van der Waals surface area (Å²) >= 11 is 9.81. The largest absolute Gasteiger partial charge is 0.497 e. The number of hydrogen-bond donors (Lipinski definition) is 0. The SMILES string of the molecule is COc1ccc(N2C(C(C)=O)=NN(c3ccc(Cl)cc3)C2c2cc(Br)c(OCC(=O)N3CCOCC3)c(OC)c2)cc1. The molecule has 5 rings (SSSR count). The summed E-state index contributed by atoms with van der Waals surface area (Å²) < 4.78 is 23.0. The molecule has 0 aliphatic carbocycles. The van der Waals surface area contributed by atoms with Crippen molar-refractivity contribution in [2.24, 2.45) is 5.10 Å². The molecule has 0 bridgehead atoms. The second-order valence-corrected chi connectivity index (χ2v) is 10.8. The number of Topliss-reactive ketones (excluding diaryl/α,β-unsaturated/α-hetero) is 1. The highest BCUT2D eigenvalue weighted by Crippen LogP contribution is 2.44. The van der Waals surface area contributed by atoms with E-state index in [2.05, 4.69) is 15.9 Å². The number of methoxy groups -OCH3 is 2. The van der Waals surface area contributed by atoms with Gasteiger partial charge in [-0.15, -0.1) is 5.10 Å². The Hall–Kier alpha value is -3.80. The molecule has 2 aliphatic rings. The Morgan fingerprint density at radius 2 is 1.67 bits per heavy atom. The Morgan fingerprint density at radius 1 is 1.00 bits per heavy atom. The molecule has 10 nitrogen and oxygen atoms in total. The highest BCUT2D eigenvalue weighted by atomic mass is 79.9. The van der Waals surface area contributed by atoms with Crippen LogP contribution >= 0.6 is 27.5 Å². The van der Waals surface area contributed by atoms with Crippen LogP contribution in [0.3, 0.4) is 0 Å². The average molecular weight is 658 g/mol. The number of halogens is 2. The van der Waals surface area contributed by atoms with Gasteiger partial charge in [-0.05, 0) is 76.6 Å². The van der Waals surface area contributed by atoms with Gasteiger partial charge < -0.3 is 23.8 Å². The third-order valence-electron chi connectivity index (χ3n) is 6.92. The minimum absolute atomic E-state index is 0.133. The molecule has 3 aromatic rings. The first-order chi connectivity index (χ1) is 20.3. The van der Waals surface area contributed by atoms with E-state index in [0.717, 1.165) is 16.9 Å². The zero-order chi connectivity index (χ0) is 29.8. The number of morpholine rings is 1. The molecule has 0 radical (unpaired) electrons. The van der Waals surface area contributed by atoms with Crippen molar-refractivity contribution in [2.45, 2.75) is 13.1 Å². The number of ether oxygens (including phenoxy) is 4. The Bertz CT molecular complexity index is 1480. The van der Waals surface area contributed by atoms with E-state index in [1.807, 2.05) is 53.4 Å². The number of carbonyl (C=O) groups excluding carboxylic acids is 2. The van der Waals surface area contributed by atoms with Gasteiger partial charge in [-0.3, -0.25) is 14.5 Å². The number of carbonyl (C=O) groups is 2. The van der Waals surface area contributed by atoms with Crippen molar-refractivity contribution < 1.29 is 28.5 Å². The van der Waals surface area contributed by atoms with Crippen LogP contribution in [0.15, 0.2) is 70.2 Å². The van der Waals surface area contributed by atoms with Crippen molar-refractivity contribution in [3.8, 4) is 17.2 Å². The molecule has 1 saturated heterocycles. The van der Waals surface area contributed by atoms with Crippen LogP contribution in [-0.4, -0.2) is 69.6 Å². The molecule has 220 valence electrons. The van der Waals surface area contributed by atoms with Crippen molar-refractivity contribution in [3.63, 3.8) is 0 Å².